The average molecular weight is 202 g/mol. The third-order valence-electron chi connectivity index (χ3n) is 1.83. The van der Waals surface area contributed by atoms with Crippen molar-refractivity contribution >= 4 is 0 Å². The Morgan fingerprint density at radius 2 is 1.71 bits per heavy atom. The van der Waals surface area contributed by atoms with Crippen molar-refractivity contribution in [1.29, 1.82) is 0 Å². The van der Waals surface area contributed by atoms with Gasteiger partial charge in [-0.3, -0.25) is 0 Å². The van der Waals surface area contributed by atoms with Gasteiger partial charge >= 0.3 is 0 Å². The molecule has 0 aromatic heterocycles. The molecule has 2 N–H and O–H groups in total. The van der Waals surface area contributed by atoms with Crippen molar-refractivity contribution in [2.75, 3.05) is 13.2 Å². The molecule has 0 aliphatic rings. The molecule has 1 atom stereocenters. The number of aliphatic hydroxyl groups excluding tert-OH is 2. The first kappa shape index (κ1) is 16.1. The van der Waals surface area contributed by atoms with E-state index in [2.05, 4.69) is 26.8 Å². The standard InChI is InChI=1S/C10H20O.C2H6O/c1-9(2)5-4-6-10(3)7-8-11;1-2-3/h5,10-11H,4,6-8H2,1-3H3;3H,2H2,1H3. The van der Waals surface area contributed by atoms with Crippen molar-refractivity contribution in [3.8, 4) is 0 Å². The van der Waals surface area contributed by atoms with Gasteiger partial charge in [0.25, 0.3) is 0 Å². The minimum absolute atomic E-state index is 0.250. The van der Waals surface area contributed by atoms with E-state index < -0.39 is 0 Å². The van der Waals surface area contributed by atoms with Crippen LogP contribution in [0.1, 0.15) is 47.0 Å². The molecule has 0 saturated heterocycles. The summed E-state index contributed by atoms with van der Waals surface area (Å²) in [6.07, 6.45) is 5.56. The lowest BCUT2D eigenvalue weighted by Gasteiger charge is -2.06. The van der Waals surface area contributed by atoms with E-state index in [0.29, 0.717) is 12.5 Å². The lowest BCUT2D eigenvalue weighted by molar-refractivity contribution is 0.259. The maximum absolute atomic E-state index is 8.63. The smallest absolute Gasteiger partial charge is 0.0433 e. The number of hydrogen-bond donors (Lipinski definition) is 2. The van der Waals surface area contributed by atoms with Gasteiger partial charge in [0.05, 0.1) is 0 Å². The molecule has 0 fully saturated rings. The summed E-state index contributed by atoms with van der Waals surface area (Å²) >= 11 is 0. The molecular formula is C12H26O2. The maximum atomic E-state index is 8.63. The van der Waals surface area contributed by atoms with Crippen molar-refractivity contribution in [2.45, 2.75) is 47.0 Å². The third kappa shape index (κ3) is 17.7. The normalized spacial score (nSPS) is 11.3. The number of aliphatic hydroxyl groups is 2. The first-order valence-corrected chi connectivity index (χ1v) is 5.43. The fourth-order valence-electron chi connectivity index (χ4n) is 1.02. The van der Waals surface area contributed by atoms with Crippen LogP contribution in [-0.4, -0.2) is 23.4 Å². The van der Waals surface area contributed by atoms with Crippen LogP contribution in [0.5, 0.6) is 0 Å². The van der Waals surface area contributed by atoms with Gasteiger partial charge in [-0.15, -0.1) is 0 Å². The predicted octanol–water partition coefficient (Wildman–Crippen LogP) is 2.75. The molecule has 0 radical (unpaired) electrons. The zero-order chi connectivity index (χ0) is 11.4. The summed E-state index contributed by atoms with van der Waals surface area (Å²) in [6.45, 7) is 8.69. The minimum atomic E-state index is 0.250. The molecule has 1 unspecified atom stereocenters. The fraction of sp³-hybridized carbons (Fsp3) is 0.833. The highest BCUT2D eigenvalue weighted by molar-refractivity contribution is 4.92. The van der Waals surface area contributed by atoms with Crippen LogP contribution in [-0.2, 0) is 0 Å². The second kappa shape index (κ2) is 12.7. The van der Waals surface area contributed by atoms with Crippen LogP contribution >= 0.6 is 0 Å². The topological polar surface area (TPSA) is 40.5 Å². The minimum Gasteiger partial charge on any atom is -0.397 e. The third-order valence-corrected chi connectivity index (χ3v) is 1.83. The molecule has 0 aliphatic carbocycles. The molecule has 0 rings (SSSR count). The summed E-state index contributed by atoms with van der Waals surface area (Å²) in [5.74, 6) is 0.663. The average Bonchev–Trinajstić information content (AvgIpc) is 2.05. The monoisotopic (exact) mass is 202 g/mol. The van der Waals surface area contributed by atoms with Crippen molar-refractivity contribution < 1.29 is 10.2 Å². The molecule has 0 aromatic rings. The summed E-state index contributed by atoms with van der Waals surface area (Å²) in [5, 5.41) is 16.2. The maximum Gasteiger partial charge on any atom is 0.0433 e. The van der Waals surface area contributed by atoms with Gasteiger partial charge in [0.2, 0.25) is 0 Å². The Hall–Kier alpha value is -0.340. The molecule has 2 heteroatoms. The van der Waals surface area contributed by atoms with Crippen molar-refractivity contribution in [1.82, 2.24) is 0 Å². The van der Waals surface area contributed by atoms with E-state index in [0.717, 1.165) is 12.8 Å². The first-order valence-electron chi connectivity index (χ1n) is 5.43. The lowest BCUT2D eigenvalue weighted by atomic mass is 10.0. The summed E-state index contributed by atoms with van der Waals surface area (Å²) in [7, 11) is 0. The van der Waals surface area contributed by atoms with E-state index in [1.807, 2.05) is 0 Å². The highest BCUT2D eigenvalue weighted by atomic mass is 16.3. The Morgan fingerprint density at radius 1 is 1.21 bits per heavy atom. The molecule has 0 saturated carbocycles. The van der Waals surface area contributed by atoms with Gasteiger partial charge < -0.3 is 10.2 Å². The zero-order valence-electron chi connectivity index (χ0n) is 10.1. The van der Waals surface area contributed by atoms with Crippen LogP contribution in [0.15, 0.2) is 11.6 Å². The molecule has 14 heavy (non-hydrogen) atoms. The van der Waals surface area contributed by atoms with Crippen LogP contribution in [0.3, 0.4) is 0 Å². The molecule has 0 amide bonds. The number of allylic oxidation sites excluding steroid dienone is 2. The van der Waals surface area contributed by atoms with Crippen LogP contribution in [0.4, 0.5) is 0 Å². The van der Waals surface area contributed by atoms with E-state index in [9.17, 15) is 0 Å². The van der Waals surface area contributed by atoms with E-state index in [1.165, 1.54) is 12.0 Å². The summed E-state index contributed by atoms with van der Waals surface area (Å²) < 4.78 is 0. The fourth-order valence-corrected chi connectivity index (χ4v) is 1.02. The van der Waals surface area contributed by atoms with E-state index in [4.69, 9.17) is 10.2 Å². The van der Waals surface area contributed by atoms with Gasteiger partial charge in [0.15, 0.2) is 0 Å². The second-order valence-electron chi connectivity index (χ2n) is 3.79. The van der Waals surface area contributed by atoms with E-state index in [-0.39, 0.29) is 6.61 Å². The van der Waals surface area contributed by atoms with E-state index in [1.54, 1.807) is 6.92 Å². The highest BCUT2D eigenvalue weighted by Gasteiger charge is 1.98. The molecule has 0 heterocycles. The molecule has 0 aliphatic heterocycles. The lowest BCUT2D eigenvalue weighted by Crippen LogP contribution is -1.96. The largest absolute Gasteiger partial charge is 0.397 e. The van der Waals surface area contributed by atoms with Gasteiger partial charge in [-0.1, -0.05) is 18.6 Å². The quantitative estimate of drug-likeness (QED) is 0.673. The molecule has 0 spiro atoms. The van der Waals surface area contributed by atoms with Crippen molar-refractivity contribution in [2.24, 2.45) is 5.92 Å². The SMILES string of the molecule is CC(C)=CCCC(C)CCO.CCO. The zero-order valence-corrected chi connectivity index (χ0v) is 10.1. The van der Waals surface area contributed by atoms with E-state index >= 15 is 0 Å². The predicted molar refractivity (Wildman–Crippen MR) is 62.3 cm³/mol. The highest BCUT2D eigenvalue weighted by Crippen LogP contribution is 2.10. The van der Waals surface area contributed by atoms with Crippen LogP contribution in [0, 0.1) is 5.92 Å². The molecule has 2 nitrogen and oxygen atoms in total. The van der Waals surface area contributed by atoms with Crippen LogP contribution < -0.4 is 0 Å². The summed E-state index contributed by atoms with van der Waals surface area (Å²) in [5.41, 5.74) is 1.39. The Bertz CT molecular complexity index is 126. The van der Waals surface area contributed by atoms with Gasteiger partial charge in [0.1, 0.15) is 0 Å². The number of hydrogen-bond acceptors (Lipinski definition) is 2. The van der Waals surface area contributed by atoms with Gasteiger partial charge in [-0.2, -0.15) is 0 Å². The Kier molecular flexibility index (Phi) is 14.6. The van der Waals surface area contributed by atoms with Gasteiger partial charge in [-0.05, 0) is 46.0 Å². The Balaban J connectivity index is 0. The first-order chi connectivity index (χ1) is 6.58. The summed E-state index contributed by atoms with van der Waals surface area (Å²) in [4.78, 5) is 0. The Labute approximate surface area is 88.7 Å². The van der Waals surface area contributed by atoms with Crippen LogP contribution in [0.25, 0.3) is 0 Å². The van der Waals surface area contributed by atoms with Crippen molar-refractivity contribution in [3.63, 3.8) is 0 Å². The molecule has 0 aromatic carbocycles. The second-order valence-corrected chi connectivity index (χ2v) is 3.79. The van der Waals surface area contributed by atoms with Gasteiger partial charge in [0, 0.05) is 13.2 Å². The Morgan fingerprint density at radius 3 is 2.07 bits per heavy atom. The molecular weight excluding hydrogens is 176 g/mol. The number of rotatable bonds is 5. The molecule has 86 valence electrons. The van der Waals surface area contributed by atoms with Crippen molar-refractivity contribution in [3.05, 3.63) is 11.6 Å². The van der Waals surface area contributed by atoms with Gasteiger partial charge in [-0.25, -0.2) is 0 Å². The van der Waals surface area contributed by atoms with Crippen LogP contribution in [0.2, 0.25) is 0 Å². The molecule has 0 bridgehead atoms. The summed E-state index contributed by atoms with van der Waals surface area (Å²) in [6, 6.07) is 0.